The molecule has 0 saturated carbocycles. The van der Waals surface area contributed by atoms with Crippen LogP contribution in [0.5, 0.6) is 0 Å². The molecule has 5 aromatic rings. The summed E-state index contributed by atoms with van der Waals surface area (Å²) in [7, 11) is -6.73. The van der Waals surface area contributed by atoms with Crippen molar-refractivity contribution in [2.24, 2.45) is 0 Å². The summed E-state index contributed by atoms with van der Waals surface area (Å²) in [5.41, 5.74) is 0. The van der Waals surface area contributed by atoms with Crippen molar-refractivity contribution in [1.82, 2.24) is 0 Å². The van der Waals surface area contributed by atoms with Gasteiger partial charge in [-0.3, -0.25) is 0 Å². The summed E-state index contributed by atoms with van der Waals surface area (Å²) >= 11 is 0. The molecule has 0 heterocycles. The standard InChI is InChI=1S/C44H56O2PSi2/c1-7-48(8-2,9-3)46-38(37-45-49(44(4,5)6,42-31-21-13-22-32-42)43-33-23-14-24-34-43)35-36-47(39-25-15-10-16-26-39,40-27-17-11-18-28-40)41-29-19-12-20-30-41/h10-34,38H,7-9,35-37H2,1-6H3/q+1/t38-/m0/s1. The second kappa shape index (κ2) is 16.7. The van der Waals surface area contributed by atoms with Gasteiger partial charge in [-0.1, -0.05) is 157 Å². The number of hydrogen-bond donors (Lipinski definition) is 0. The van der Waals surface area contributed by atoms with Crippen molar-refractivity contribution < 1.29 is 8.85 Å². The Morgan fingerprint density at radius 2 is 0.878 bits per heavy atom. The molecular formula is C44H56O2PSi2+. The van der Waals surface area contributed by atoms with E-state index in [1.54, 1.807) is 0 Å². The van der Waals surface area contributed by atoms with Gasteiger partial charge < -0.3 is 8.85 Å². The molecule has 49 heavy (non-hydrogen) atoms. The summed E-state index contributed by atoms with van der Waals surface area (Å²) < 4.78 is 15.2. The van der Waals surface area contributed by atoms with Gasteiger partial charge in [0.15, 0.2) is 8.32 Å². The summed E-state index contributed by atoms with van der Waals surface area (Å²) in [4.78, 5) is 0. The highest BCUT2D eigenvalue weighted by Crippen LogP contribution is 2.56. The third-order valence-electron chi connectivity index (χ3n) is 10.6. The van der Waals surface area contributed by atoms with E-state index in [-0.39, 0.29) is 11.1 Å². The van der Waals surface area contributed by atoms with Crippen LogP contribution in [0.2, 0.25) is 23.2 Å². The van der Waals surface area contributed by atoms with Crippen molar-refractivity contribution in [3.63, 3.8) is 0 Å². The van der Waals surface area contributed by atoms with Gasteiger partial charge in [-0.05, 0) is 69.9 Å². The van der Waals surface area contributed by atoms with Gasteiger partial charge >= 0.3 is 0 Å². The molecule has 0 unspecified atom stereocenters. The maximum absolute atomic E-state index is 7.64. The molecule has 1 atom stereocenters. The molecule has 5 aromatic carbocycles. The molecule has 0 bridgehead atoms. The fraction of sp³-hybridized carbons (Fsp3) is 0.318. The Labute approximate surface area is 299 Å². The lowest BCUT2D eigenvalue weighted by Gasteiger charge is -2.44. The molecular weight excluding hydrogens is 648 g/mol. The van der Waals surface area contributed by atoms with Gasteiger partial charge in [0.05, 0.1) is 18.9 Å². The summed E-state index contributed by atoms with van der Waals surface area (Å²) in [5.74, 6) is 0. The lowest BCUT2D eigenvalue weighted by molar-refractivity contribution is 0.110. The van der Waals surface area contributed by atoms with E-state index in [9.17, 15) is 0 Å². The van der Waals surface area contributed by atoms with E-state index in [4.69, 9.17) is 8.85 Å². The Bertz CT molecular complexity index is 1530. The topological polar surface area (TPSA) is 18.5 Å². The van der Waals surface area contributed by atoms with Gasteiger partial charge in [-0.25, -0.2) is 0 Å². The van der Waals surface area contributed by atoms with E-state index in [0.29, 0.717) is 6.61 Å². The molecule has 2 nitrogen and oxygen atoms in total. The van der Waals surface area contributed by atoms with Gasteiger partial charge in [0.2, 0.25) is 0 Å². The van der Waals surface area contributed by atoms with Crippen LogP contribution in [0.4, 0.5) is 0 Å². The first-order valence-electron chi connectivity index (χ1n) is 18.2. The Hall–Kier alpha value is -3.12. The van der Waals surface area contributed by atoms with Gasteiger partial charge in [0.25, 0.3) is 8.32 Å². The second-order valence-corrected chi connectivity index (χ2v) is 26.9. The van der Waals surface area contributed by atoms with Crippen LogP contribution in [0.1, 0.15) is 48.0 Å². The SMILES string of the molecule is CC[Si](CC)(CC)O[C@@H](CC[P+](c1ccccc1)(c1ccccc1)c1ccccc1)CO[Si](c1ccccc1)(c1ccccc1)C(C)(C)C. The third-order valence-corrected chi connectivity index (χ3v) is 24.8. The zero-order valence-electron chi connectivity index (χ0n) is 30.5. The Morgan fingerprint density at radius 1 is 0.531 bits per heavy atom. The highest BCUT2D eigenvalue weighted by molar-refractivity contribution is 7.95. The highest BCUT2D eigenvalue weighted by Gasteiger charge is 2.51. The predicted molar refractivity (Wildman–Crippen MR) is 220 cm³/mol. The zero-order chi connectivity index (χ0) is 34.8. The molecule has 0 aromatic heterocycles. The minimum Gasteiger partial charge on any atom is -0.412 e. The summed E-state index contributed by atoms with van der Waals surface area (Å²) in [5, 5.41) is 6.80. The van der Waals surface area contributed by atoms with Crippen molar-refractivity contribution in [1.29, 1.82) is 0 Å². The molecule has 5 heteroatoms. The average molecular weight is 704 g/mol. The van der Waals surface area contributed by atoms with Gasteiger partial charge in [-0.2, -0.15) is 0 Å². The van der Waals surface area contributed by atoms with Gasteiger partial charge in [-0.15, -0.1) is 0 Å². The van der Waals surface area contributed by atoms with Crippen LogP contribution < -0.4 is 26.3 Å². The van der Waals surface area contributed by atoms with E-state index < -0.39 is 23.9 Å². The number of hydrogen-bond acceptors (Lipinski definition) is 2. The van der Waals surface area contributed by atoms with Crippen LogP contribution in [-0.4, -0.2) is 35.5 Å². The number of rotatable bonds is 16. The van der Waals surface area contributed by atoms with Gasteiger partial charge in [0.1, 0.15) is 23.2 Å². The normalized spacial score (nSPS) is 13.3. The van der Waals surface area contributed by atoms with Crippen LogP contribution in [0.25, 0.3) is 0 Å². The molecule has 0 aliphatic rings. The smallest absolute Gasteiger partial charge is 0.261 e. The molecule has 0 amide bonds. The first kappa shape index (κ1) is 37.1. The zero-order valence-corrected chi connectivity index (χ0v) is 33.4. The maximum atomic E-state index is 7.64. The average Bonchev–Trinajstić information content (AvgIpc) is 3.16. The molecule has 0 N–H and O–H groups in total. The van der Waals surface area contributed by atoms with E-state index in [0.717, 1.165) is 30.7 Å². The molecule has 0 radical (unpaired) electrons. The van der Waals surface area contributed by atoms with Crippen molar-refractivity contribution in [3.05, 3.63) is 152 Å². The maximum Gasteiger partial charge on any atom is 0.261 e. The first-order valence-corrected chi connectivity index (χ1v) is 24.6. The molecule has 0 spiro atoms. The molecule has 0 fully saturated rings. The molecule has 0 aliphatic heterocycles. The fourth-order valence-corrected chi connectivity index (χ4v) is 19.6. The minimum atomic E-state index is -2.74. The monoisotopic (exact) mass is 703 g/mol. The molecule has 0 aliphatic carbocycles. The largest absolute Gasteiger partial charge is 0.412 e. The quantitative estimate of drug-likeness (QED) is 0.0754. The lowest BCUT2D eigenvalue weighted by atomic mass is 10.2. The molecule has 0 saturated heterocycles. The predicted octanol–water partition coefficient (Wildman–Crippen LogP) is 9.34. The van der Waals surface area contributed by atoms with Gasteiger partial charge in [0, 0.05) is 6.42 Å². The van der Waals surface area contributed by atoms with E-state index in [2.05, 4.69) is 193 Å². The van der Waals surface area contributed by atoms with E-state index >= 15 is 0 Å². The van der Waals surface area contributed by atoms with Crippen LogP contribution in [0, 0.1) is 0 Å². The van der Waals surface area contributed by atoms with Crippen LogP contribution in [0.3, 0.4) is 0 Å². The van der Waals surface area contributed by atoms with Crippen LogP contribution >= 0.6 is 7.26 Å². The Morgan fingerprint density at radius 3 is 1.20 bits per heavy atom. The fourth-order valence-electron chi connectivity index (χ4n) is 7.73. The molecule has 5 rings (SSSR count). The minimum absolute atomic E-state index is 0.0105. The Kier molecular flexibility index (Phi) is 12.7. The molecule has 256 valence electrons. The van der Waals surface area contributed by atoms with Crippen LogP contribution in [0.15, 0.2) is 152 Å². The van der Waals surface area contributed by atoms with Crippen molar-refractivity contribution in [3.8, 4) is 0 Å². The summed E-state index contributed by atoms with van der Waals surface area (Å²) in [6, 6.07) is 59.2. The van der Waals surface area contributed by atoms with E-state index in [1.165, 1.54) is 26.3 Å². The van der Waals surface area contributed by atoms with Crippen molar-refractivity contribution in [2.75, 3.05) is 12.8 Å². The third kappa shape index (κ3) is 7.95. The highest BCUT2D eigenvalue weighted by atomic mass is 31.2. The Balaban J connectivity index is 1.62. The first-order chi connectivity index (χ1) is 23.7. The van der Waals surface area contributed by atoms with Crippen LogP contribution in [-0.2, 0) is 8.85 Å². The van der Waals surface area contributed by atoms with E-state index in [1.807, 2.05) is 0 Å². The number of benzene rings is 5. The summed E-state index contributed by atoms with van der Waals surface area (Å²) in [6.45, 7) is 14.7. The lowest BCUT2D eigenvalue weighted by Crippen LogP contribution is -2.67. The van der Waals surface area contributed by atoms with Crippen molar-refractivity contribution >= 4 is 50.2 Å². The second-order valence-electron chi connectivity index (χ2n) is 14.3. The summed E-state index contributed by atoms with van der Waals surface area (Å²) in [6.07, 6.45) is 1.93. The van der Waals surface area contributed by atoms with Crippen molar-refractivity contribution in [2.45, 2.75) is 77.2 Å².